The molecule has 2 nitrogen and oxygen atoms in total. The first-order valence-electron chi connectivity index (χ1n) is 5.92. The lowest BCUT2D eigenvalue weighted by Crippen LogP contribution is -2.33. The predicted molar refractivity (Wildman–Crippen MR) is 71.9 cm³/mol. The molecular weight excluding hydrogens is 244 g/mol. The minimum Gasteiger partial charge on any atom is -0.228 e. The van der Waals surface area contributed by atoms with Crippen LogP contribution in [0.3, 0.4) is 0 Å². The Kier molecular flexibility index (Phi) is 5.81. The minimum absolute atomic E-state index is 0.0140. The molecule has 0 fully saturated rings. The number of sulfone groups is 1. The van der Waals surface area contributed by atoms with Gasteiger partial charge in [0.25, 0.3) is 0 Å². The molecule has 0 aromatic rings. The van der Waals surface area contributed by atoms with Gasteiger partial charge < -0.3 is 0 Å². The number of hydrogen-bond acceptors (Lipinski definition) is 2. The second kappa shape index (κ2) is 5.72. The van der Waals surface area contributed by atoms with Crippen LogP contribution >= 0.6 is 11.6 Å². The topological polar surface area (TPSA) is 34.1 Å². The lowest BCUT2D eigenvalue weighted by molar-refractivity contribution is 0.292. The van der Waals surface area contributed by atoms with Gasteiger partial charge in [-0.1, -0.05) is 13.8 Å². The van der Waals surface area contributed by atoms with Gasteiger partial charge in [-0.05, 0) is 45.4 Å². The Morgan fingerprint density at radius 2 is 1.50 bits per heavy atom. The molecule has 98 valence electrons. The number of rotatable bonds is 6. The molecule has 0 bridgehead atoms. The summed E-state index contributed by atoms with van der Waals surface area (Å²) in [6.45, 7) is 9.42. The Balaban J connectivity index is 4.68. The summed E-state index contributed by atoms with van der Waals surface area (Å²) >= 11 is 5.97. The molecule has 0 N–H and O–H groups in total. The van der Waals surface area contributed by atoms with E-state index in [2.05, 4.69) is 13.8 Å². The summed E-state index contributed by atoms with van der Waals surface area (Å²) in [4.78, 5) is 0. The van der Waals surface area contributed by atoms with Gasteiger partial charge >= 0.3 is 0 Å². The van der Waals surface area contributed by atoms with Crippen molar-refractivity contribution < 1.29 is 8.42 Å². The second-order valence-electron chi connectivity index (χ2n) is 5.52. The minimum atomic E-state index is -3.02. The van der Waals surface area contributed by atoms with Crippen LogP contribution in [0.15, 0.2) is 0 Å². The Bertz CT molecular complexity index is 289. The maximum absolute atomic E-state index is 12.0. The third kappa shape index (κ3) is 3.92. The fourth-order valence-corrected chi connectivity index (χ4v) is 3.34. The van der Waals surface area contributed by atoms with E-state index in [-0.39, 0.29) is 11.2 Å². The van der Waals surface area contributed by atoms with Crippen molar-refractivity contribution in [3.8, 4) is 0 Å². The maximum Gasteiger partial charge on any atom is 0.155 e. The highest BCUT2D eigenvalue weighted by Gasteiger charge is 2.33. The van der Waals surface area contributed by atoms with E-state index in [0.717, 1.165) is 12.8 Å². The quantitative estimate of drug-likeness (QED) is 0.690. The van der Waals surface area contributed by atoms with Crippen LogP contribution in [0, 0.1) is 5.41 Å². The van der Waals surface area contributed by atoms with Gasteiger partial charge in [-0.3, -0.25) is 0 Å². The molecule has 0 aliphatic heterocycles. The first kappa shape index (κ1) is 16.2. The third-order valence-corrected chi connectivity index (χ3v) is 6.79. The monoisotopic (exact) mass is 268 g/mol. The van der Waals surface area contributed by atoms with Crippen molar-refractivity contribution in [1.29, 1.82) is 0 Å². The molecule has 0 radical (unpaired) electrons. The molecule has 0 aliphatic rings. The van der Waals surface area contributed by atoms with E-state index in [1.165, 1.54) is 0 Å². The van der Waals surface area contributed by atoms with Gasteiger partial charge in [0.2, 0.25) is 0 Å². The molecule has 0 atom stereocenters. The lowest BCUT2D eigenvalue weighted by atomic mass is 9.82. The molecule has 0 aliphatic carbocycles. The van der Waals surface area contributed by atoms with Gasteiger partial charge in [0, 0.05) is 5.88 Å². The molecule has 0 saturated heterocycles. The Morgan fingerprint density at radius 1 is 1.06 bits per heavy atom. The van der Waals surface area contributed by atoms with E-state index in [0.29, 0.717) is 12.3 Å². The van der Waals surface area contributed by atoms with Crippen molar-refractivity contribution in [2.75, 3.05) is 11.6 Å². The summed E-state index contributed by atoms with van der Waals surface area (Å²) in [6.07, 6.45) is 2.54. The van der Waals surface area contributed by atoms with Gasteiger partial charge in [-0.25, -0.2) is 8.42 Å². The summed E-state index contributed by atoms with van der Waals surface area (Å²) in [5.41, 5.74) is -0.0140. The average molecular weight is 269 g/mol. The Hall–Kier alpha value is 0.240. The van der Waals surface area contributed by atoms with Crippen molar-refractivity contribution in [2.45, 2.75) is 58.6 Å². The van der Waals surface area contributed by atoms with Crippen LogP contribution in [0.2, 0.25) is 0 Å². The van der Waals surface area contributed by atoms with Crippen LogP contribution in [0.4, 0.5) is 0 Å². The Morgan fingerprint density at radius 3 is 1.75 bits per heavy atom. The lowest BCUT2D eigenvalue weighted by Gasteiger charge is -2.30. The highest BCUT2D eigenvalue weighted by Crippen LogP contribution is 2.33. The van der Waals surface area contributed by atoms with Crippen LogP contribution < -0.4 is 0 Å². The second-order valence-corrected chi connectivity index (χ2v) is 8.65. The largest absolute Gasteiger partial charge is 0.228 e. The van der Waals surface area contributed by atoms with E-state index in [4.69, 9.17) is 11.6 Å². The zero-order valence-corrected chi connectivity index (χ0v) is 12.7. The van der Waals surface area contributed by atoms with E-state index in [1.54, 1.807) is 20.8 Å². The van der Waals surface area contributed by atoms with Crippen LogP contribution in [-0.2, 0) is 9.84 Å². The number of alkyl halides is 1. The summed E-state index contributed by atoms with van der Waals surface area (Å²) in [5, 5.41) is 0. The van der Waals surface area contributed by atoms with Gasteiger partial charge in [-0.2, -0.15) is 0 Å². The molecule has 0 unspecified atom stereocenters. The zero-order chi connectivity index (χ0) is 13.0. The average Bonchev–Trinajstić information content (AvgIpc) is 2.19. The molecule has 0 rings (SSSR count). The standard InChI is InChI=1S/C12H25ClO2S/c1-6-12(7-2,10-13)8-9-16(14,15)11(3,4)5/h6-10H2,1-5H3. The number of hydrogen-bond donors (Lipinski definition) is 0. The highest BCUT2D eigenvalue weighted by molar-refractivity contribution is 7.92. The van der Waals surface area contributed by atoms with Gasteiger partial charge in [0.1, 0.15) is 0 Å². The summed E-state index contributed by atoms with van der Waals surface area (Å²) in [7, 11) is -3.02. The Labute approximate surface area is 106 Å². The van der Waals surface area contributed by atoms with Crippen LogP contribution in [0.5, 0.6) is 0 Å². The predicted octanol–water partition coefficient (Wildman–Crippen LogP) is 3.64. The first-order chi connectivity index (χ1) is 7.14. The van der Waals surface area contributed by atoms with E-state index in [9.17, 15) is 8.42 Å². The van der Waals surface area contributed by atoms with E-state index < -0.39 is 14.6 Å². The third-order valence-electron chi connectivity index (χ3n) is 3.62. The van der Waals surface area contributed by atoms with E-state index >= 15 is 0 Å². The molecular formula is C12H25ClO2S. The molecule has 0 heterocycles. The molecule has 0 aromatic heterocycles. The van der Waals surface area contributed by atoms with Crippen LogP contribution in [0.25, 0.3) is 0 Å². The fourth-order valence-electron chi connectivity index (χ4n) is 1.52. The molecule has 0 spiro atoms. The summed E-state index contributed by atoms with van der Waals surface area (Å²) in [6, 6.07) is 0. The normalized spacial score (nSPS) is 14.1. The van der Waals surface area contributed by atoms with Crippen molar-refractivity contribution >= 4 is 21.4 Å². The van der Waals surface area contributed by atoms with Crippen molar-refractivity contribution in [3.63, 3.8) is 0 Å². The molecule has 4 heteroatoms. The van der Waals surface area contributed by atoms with E-state index in [1.807, 2.05) is 0 Å². The van der Waals surface area contributed by atoms with Crippen molar-refractivity contribution in [2.24, 2.45) is 5.41 Å². The van der Waals surface area contributed by atoms with Gasteiger partial charge in [0.05, 0.1) is 10.5 Å². The smallest absolute Gasteiger partial charge is 0.155 e. The molecule has 16 heavy (non-hydrogen) atoms. The van der Waals surface area contributed by atoms with Crippen LogP contribution in [0.1, 0.15) is 53.9 Å². The van der Waals surface area contributed by atoms with Gasteiger partial charge in [0.15, 0.2) is 9.84 Å². The molecule has 0 amide bonds. The number of halogens is 1. The molecule has 0 saturated carbocycles. The first-order valence-corrected chi connectivity index (χ1v) is 8.11. The van der Waals surface area contributed by atoms with Crippen molar-refractivity contribution in [3.05, 3.63) is 0 Å². The summed E-state index contributed by atoms with van der Waals surface area (Å²) in [5.74, 6) is 0.782. The highest BCUT2D eigenvalue weighted by atomic mass is 35.5. The summed E-state index contributed by atoms with van der Waals surface area (Å²) < 4.78 is 23.3. The fraction of sp³-hybridized carbons (Fsp3) is 1.00. The van der Waals surface area contributed by atoms with Crippen LogP contribution in [-0.4, -0.2) is 24.8 Å². The zero-order valence-electron chi connectivity index (χ0n) is 11.1. The molecule has 0 aromatic carbocycles. The van der Waals surface area contributed by atoms with Crippen molar-refractivity contribution in [1.82, 2.24) is 0 Å². The van der Waals surface area contributed by atoms with Gasteiger partial charge in [-0.15, -0.1) is 11.6 Å². The SMILES string of the molecule is CCC(CC)(CCl)CCS(=O)(=O)C(C)(C)C. The maximum atomic E-state index is 12.0.